The van der Waals surface area contributed by atoms with Crippen LogP contribution < -0.4 is 10.9 Å². The second-order valence-corrected chi connectivity index (χ2v) is 7.83. The van der Waals surface area contributed by atoms with Gasteiger partial charge in [-0.3, -0.25) is 5.21 Å². The Kier molecular flexibility index (Phi) is 5.57. The lowest BCUT2D eigenvalue weighted by Crippen LogP contribution is -2.32. The number of sulfonamides is 1. The molecule has 152 valence electrons. The molecule has 2 aromatic carbocycles. The van der Waals surface area contributed by atoms with Crippen LogP contribution in [0.3, 0.4) is 0 Å². The minimum atomic E-state index is -4.16. The molecular formula is C17H14ClFN4O5S. The first-order chi connectivity index (χ1) is 13.6. The van der Waals surface area contributed by atoms with Gasteiger partial charge in [0.2, 0.25) is 10.0 Å². The largest absolute Gasteiger partial charge is 0.358 e. The number of hydrogen-bond donors (Lipinski definition) is 3. The first-order valence-electron chi connectivity index (χ1n) is 7.91. The summed E-state index contributed by atoms with van der Waals surface area (Å²) in [7, 11) is -4.16. The first-order valence-corrected chi connectivity index (χ1v) is 9.84. The molecule has 1 heterocycles. The van der Waals surface area contributed by atoms with Gasteiger partial charge < -0.3 is 10.3 Å². The maximum Gasteiger partial charge on any atom is 0.338 e. The van der Waals surface area contributed by atoms with Crippen LogP contribution >= 0.6 is 11.6 Å². The molecule has 0 aliphatic heterocycles. The molecule has 2 amide bonds. The summed E-state index contributed by atoms with van der Waals surface area (Å²) in [5, 5.41) is 18.9. The van der Waals surface area contributed by atoms with Crippen molar-refractivity contribution in [3.8, 4) is 22.4 Å². The van der Waals surface area contributed by atoms with Gasteiger partial charge in [0, 0.05) is 11.1 Å². The number of aromatic nitrogens is 1. The Morgan fingerprint density at radius 3 is 2.59 bits per heavy atom. The number of hydroxylamine groups is 2. The van der Waals surface area contributed by atoms with Crippen molar-refractivity contribution >= 4 is 27.7 Å². The highest BCUT2D eigenvalue weighted by atomic mass is 35.5. The van der Waals surface area contributed by atoms with Crippen molar-refractivity contribution in [2.45, 2.75) is 11.4 Å². The molecule has 0 aliphatic carbocycles. The quantitative estimate of drug-likeness (QED) is 0.409. The van der Waals surface area contributed by atoms with E-state index in [-0.39, 0.29) is 37.6 Å². The van der Waals surface area contributed by atoms with Gasteiger partial charge in [-0.1, -0.05) is 35.0 Å². The number of amides is 2. The van der Waals surface area contributed by atoms with Gasteiger partial charge in [0.25, 0.3) is 0 Å². The average Bonchev–Trinajstić information content (AvgIpc) is 3.06. The molecule has 0 bridgehead atoms. The van der Waals surface area contributed by atoms with E-state index >= 15 is 0 Å². The van der Waals surface area contributed by atoms with Gasteiger partial charge in [0.15, 0.2) is 5.76 Å². The molecule has 1 aromatic heterocycles. The summed E-state index contributed by atoms with van der Waals surface area (Å²) < 4.78 is 42.9. The topological polar surface area (TPSA) is 153 Å². The lowest BCUT2D eigenvalue weighted by Gasteiger charge is -2.13. The van der Waals surface area contributed by atoms with Crippen molar-refractivity contribution in [3.63, 3.8) is 0 Å². The van der Waals surface area contributed by atoms with Gasteiger partial charge in [-0.2, -0.15) is 5.06 Å². The molecule has 0 spiro atoms. The summed E-state index contributed by atoms with van der Waals surface area (Å²) in [4.78, 5) is 10.9. The van der Waals surface area contributed by atoms with E-state index in [1.165, 1.54) is 30.3 Å². The van der Waals surface area contributed by atoms with Crippen LogP contribution in [0.25, 0.3) is 22.4 Å². The fraction of sp³-hybridized carbons (Fsp3) is 0.0588. The standard InChI is InChI=1S/C17H14ClFN4O5S/c18-11-7-9(5-6-12(11)19)16-15(13(28-22-16)8-23(25)17(20)24)10-3-1-2-4-14(10)29(21,26)27/h1-7,25H,8H2,(H2,20,24)(H2,21,26,27). The number of primary sulfonamides is 1. The molecule has 0 unspecified atom stereocenters. The van der Waals surface area contributed by atoms with E-state index in [9.17, 15) is 22.8 Å². The molecule has 0 saturated heterocycles. The number of rotatable bonds is 5. The smallest absolute Gasteiger partial charge is 0.338 e. The Morgan fingerprint density at radius 1 is 1.28 bits per heavy atom. The third-order valence-corrected chi connectivity index (χ3v) is 5.23. The van der Waals surface area contributed by atoms with Crippen LogP contribution in [0.5, 0.6) is 0 Å². The van der Waals surface area contributed by atoms with Crippen LogP contribution in [-0.2, 0) is 16.6 Å². The van der Waals surface area contributed by atoms with Crippen molar-refractivity contribution in [2.75, 3.05) is 0 Å². The normalized spacial score (nSPS) is 11.4. The lowest BCUT2D eigenvalue weighted by atomic mass is 9.99. The first kappa shape index (κ1) is 20.7. The van der Waals surface area contributed by atoms with E-state index in [1.807, 2.05) is 0 Å². The predicted molar refractivity (Wildman–Crippen MR) is 101 cm³/mol. The average molecular weight is 441 g/mol. The summed E-state index contributed by atoms with van der Waals surface area (Å²) in [6, 6.07) is 8.29. The Labute approximate surface area is 169 Å². The fourth-order valence-electron chi connectivity index (χ4n) is 2.69. The lowest BCUT2D eigenvalue weighted by molar-refractivity contribution is -0.0521. The van der Waals surface area contributed by atoms with Crippen molar-refractivity contribution in [1.82, 2.24) is 10.2 Å². The summed E-state index contributed by atoms with van der Waals surface area (Å²) >= 11 is 5.84. The Morgan fingerprint density at radius 2 is 1.97 bits per heavy atom. The number of nitrogens with two attached hydrogens (primary N) is 2. The molecule has 0 saturated carbocycles. The second-order valence-electron chi connectivity index (χ2n) is 5.90. The van der Waals surface area contributed by atoms with Crippen molar-refractivity contribution in [1.29, 1.82) is 0 Å². The Hall–Kier alpha value is -2.99. The van der Waals surface area contributed by atoms with E-state index in [0.29, 0.717) is 5.56 Å². The molecule has 5 N–H and O–H groups in total. The van der Waals surface area contributed by atoms with E-state index in [1.54, 1.807) is 6.07 Å². The highest BCUT2D eigenvalue weighted by molar-refractivity contribution is 7.89. The van der Waals surface area contributed by atoms with Crippen LogP contribution in [0, 0.1) is 5.82 Å². The molecule has 0 fully saturated rings. The molecule has 3 aromatic rings. The molecule has 0 atom stereocenters. The summed E-state index contributed by atoms with van der Waals surface area (Å²) in [6.07, 6.45) is 0. The summed E-state index contributed by atoms with van der Waals surface area (Å²) in [6.45, 7) is -0.536. The molecule has 9 nitrogen and oxygen atoms in total. The summed E-state index contributed by atoms with van der Waals surface area (Å²) in [5.41, 5.74) is 5.63. The number of urea groups is 1. The van der Waals surface area contributed by atoms with Gasteiger partial charge in [-0.05, 0) is 24.3 Å². The predicted octanol–water partition coefficient (Wildman–Crippen LogP) is 2.72. The molecule has 12 heteroatoms. The second kappa shape index (κ2) is 7.79. The van der Waals surface area contributed by atoms with Crippen LogP contribution in [0.2, 0.25) is 5.02 Å². The highest BCUT2D eigenvalue weighted by Crippen LogP contribution is 2.39. The molecule has 0 radical (unpaired) electrons. The third kappa shape index (κ3) is 4.22. The molecule has 0 aliphatic rings. The number of hydrogen-bond acceptors (Lipinski definition) is 6. The van der Waals surface area contributed by atoms with Crippen LogP contribution in [0.4, 0.5) is 9.18 Å². The van der Waals surface area contributed by atoms with E-state index < -0.39 is 28.4 Å². The van der Waals surface area contributed by atoms with Gasteiger partial charge in [0.1, 0.15) is 18.1 Å². The molecular weight excluding hydrogens is 427 g/mol. The highest BCUT2D eigenvalue weighted by Gasteiger charge is 2.26. The third-order valence-electron chi connectivity index (χ3n) is 3.97. The van der Waals surface area contributed by atoms with Gasteiger partial charge in [0.05, 0.1) is 15.5 Å². The van der Waals surface area contributed by atoms with Gasteiger partial charge in [-0.15, -0.1) is 0 Å². The number of carbonyl (C=O) groups is 1. The zero-order valence-corrected chi connectivity index (χ0v) is 16.1. The number of nitrogens with zero attached hydrogens (tertiary/aromatic N) is 2. The van der Waals surface area contributed by atoms with Crippen molar-refractivity contribution in [3.05, 3.63) is 59.1 Å². The van der Waals surface area contributed by atoms with Crippen molar-refractivity contribution < 1.29 is 27.3 Å². The van der Waals surface area contributed by atoms with Gasteiger partial charge in [-0.25, -0.2) is 22.7 Å². The maximum atomic E-state index is 13.6. The van der Waals surface area contributed by atoms with Crippen molar-refractivity contribution in [2.24, 2.45) is 10.9 Å². The van der Waals surface area contributed by atoms with E-state index in [0.717, 1.165) is 6.07 Å². The fourth-order valence-corrected chi connectivity index (χ4v) is 3.61. The maximum absolute atomic E-state index is 13.6. The minimum Gasteiger partial charge on any atom is -0.358 e. The zero-order chi connectivity index (χ0) is 21.3. The minimum absolute atomic E-state index is 0.0853. The number of primary amides is 1. The zero-order valence-electron chi connectivity index (χ0n) is 14.5. The van der Waals surface area contributed by atoms with E-state index in [2.05, 4.69) is 5.16 Å². The van der Waals surface area contributed by atoms with Crippen LogP contribution in [0.1, 0.15) is 5.76 Å². The summed E-state index contributed by atoms with van der Waals surface area (Å²) in [5.74, 6) is -0.751. The Bertz CT molecular complexity index is 1200. The number of benzene rings is 2. The van der Waals surface area contributed by atoms with Gasteiger partial charge >= 0.3 is 6.03 Å². The monoisotopic (exact) mass is 440 g/mol. The van der Waals surface area contributed by atoms with Crippen LogP contribution in [0.15, 0.2) is 51.9 Å². The van der Waals surface area contributed by atoms with Crippen LogP contribution in [-0.4, -0.2) is 29.9 Å². The number of halogens is 2. The Balaban J connectivity index is 2.29. The molecule has 3 rings (SSSR count). The van der Waals surface area contributed by atoms with E-state index in [4.69, 9.17) is 27.0 Å². The SMILES string of the molecule is NC(=O)N(O)Cc1onc(-c2ccc(F)c(Cl)c2)c1-c1ccccc1S(N)(=O)=O. The number of carbonyl (C=O) groups excluding carboxylic acids is 1. The molecule has 29 heavy (non-hydrogen) atoms.